The number of hydrogen-bond donors (Lipinski definition) is 4. The lowest BCUT2D eigenvalue weighted by Crippen LogP contribution is -2.49. The van der Waals surface area contributed by atoms with Gasteiger partial charge in [0.05, 0.1) is 26.2 Å². The summed E-state index contributed by atoms with van der Waals surface area (Å²) in [6.45, 7) is 8.48. The van der Waals surface area contributed by atoms with Crippen LogP contribution in [0.15, 0.2) is 0 Å². The molecule has 13 nitrogen and oxygen atoms in total. The minimum atomic E-state index is -0.959. The molecule has 1 aliphatic heterocycles. The largest absolute Gasteiger partial charge is 0.480 e. The molecule has 0 aromatic rings. The molecule has 1 aliphatic rings. The number of aliphatic carboxylic acids is 2. The van der Waals surface area contributed by atoms with Crippen LogP contribution in [0.1, 0.15) is 39.5 Å². The summed E-state index contributed by atoms with van der Waals surface area (Å²) in [7, 11) is 0. The highest BCUT2D eigenvalue weighted by atomic mass is 16.4. The molecule has 13 heteroatoms. The van der Waals surface area contributed by atoms with Crippen molar-refractivity contribution in [2.75, 3.05) is 91.6 Å². The Balaban J connectivity index is 2.65. The van der Waals surface area contributed by atoms with Crippen LogP contribution in [0.5, 0.6) is 0 Å². The van der Waals surface area contributed by atoms with Gasteiger partial charge in [0.25, 0.3) is 0 Å². The van der Waals surface area contributed by atoms with Crippen molar-refractivity contribution in [3.8, 4) is 0 Å². The molecule has 0 bridgehead atoms. The standard InChI is InChI=1S/C26H48N6O7/c1-22(2)5-3-4-7-27-23(34)6-8-28-24(35)19-30-13-15-31(20-25(36)37)11-9-29(17-18-33)10-12-32(16-14-30)21-26(38)39/h18,22H,3-17,19-21H2,1-2H3,(H,27,34)(H,28,35)(H,36,37)(H,38,39). The second-order valence-electron chi connectivity index (χ2n) is 10.4. The molecule has 1 saturated heterocycles. The van der Waals surface area contributed by atoms with Gasteiger partial charge in [-0.15, -0.1) is 0 Å². The molecule has 2 amide bonds. The number of rotatable bonds is 16. The number of carboxylic acids is 2. The molecule has 0 saturated carbocycles. The van der Waals surface area contributed by atoms with Crippen molar-refractivity contribution in [1.29, 1.82) is 0 Å². The summed E-state index contributed by atoms with van der Waals surface area (Å²) < 4.78 is 0. The number of nitrogens with zero attached hydrogens (tertiary/aromatic N) is 4. The van der Waals surface area contributed by atoms with Gasteiger partial charge >= 0.3 is 11.9 Å². The topological polar surface area (TPSA) is 163 Å². The fourth-order valence-electron chi connectivity index (χ4n) is 4.29. The summed E-state index contributed by atoms with van der Waals surface area (Å²) in [5.74, 6) is -1.63. The van der Waals surface area contributed by atoms with Crippen LogP contribution in [0.25, 0.3) is 0 Å². The summed E-state index contributed by atoms with van der Waals surface area (Å²) in [5.41, 5.74) is 0. The third kappa shape index (κ3) is 18.3. The fourth-order valence-corrected chi connectivity index (χ4v) is 4.29. The SMILES string of the molecule is CC(C)CCCCNC(=O)CCNC(=O)CN1CCN(CC(=O)O)CCN(CC=O)CCN(CC(=O)O)CC1. The highest BCUT2D eigenvalue weighted by Crippen LogP contribution is 2.05. The fraction of sp³-hybridized carbons (Fsp3) is 0.808. The van der Waals surface area contributed by atoms with Crippen LogP contribution in [-0.2, 0) is 24.0 Å². The molecule has 1 heterocycles. The van der Waals surface area contributed by atoms with Gasteiger partial charge in [-0.25, -0.2) is 0 Å². The summed E-state index contributed by atoms with van der Waals surface area (Å²) in [6.07, 6.45) is 4.09. The quantitative estimate of drug-likeness (QED) is 0.137. The van der Waals surface area contributed by atoms with Gasteiger partial charge in [0.2, 0.25) is 11.8 Å². The third-order valence-electron chi connectivity index (χ3n) is 6.55. The average Bonchev–Trinajstić information content (AvgIpc) is 2.84. The first-order chi connectivity index (χ1) is 18.6. The van der Waals surface area contributed by atoms with Crippen molar-refractivity contribution in [2.24, 2.45) is 5.92 Å². The first-order valence-electron chi connectivity index (χ1n) is 13.9. The minimum absolute atomic E-state index is 0.0515. The van der Waals surface area contributed by atoms with Gasteiger partial charge in [-0.3, -0.25) is 38.8 Å². The molecule has 0 atom stereocenters. The second-order valence-corrected chi connectivity index (χ2v) is 10.4. The van der Waals surface area contributed by atoms with Crippen LogP contribution in [0.2, 0.25) is 0 Å². The normalized spacial score (nSPS) is 17.2. The van der Waals surface area contributed by atoms with Crippen LogP contribution in [-0.4, -0.2) is 151 Å². The maximum atomic E-state index is 12.6. The van der Waals surface area contributed by atoms with Crippen molar-refractivity contribution >= 4 is 30.0 Å². The van der Waals surface area contributed by atoms with Crippen molar-refractivity contribution in [3.63, 3.8) is 0 Å². The molecule has 1 fully saturated rings. The first kappa shape index (κ1) is 34.4. The Morgan fingerprint density at radius 3 is 1.62 bits per heavy atom. The number of unbranched alkanes of at least 4 members (excludes halogenated alkanes) is 1. The molecule has 0 radical (unpaired) electrons. The van der Waals surface area contributed by atoms with Crippen LogP contribution >= 0.6 is 0 Å². The summed E-state index contributed by atoms with van der Waals surface area (Å²) in [5, 5.41) is 24.3. The third-order valence-corrected chi connectivity index (χ3v) is 6.55. The predicted molar refractivity (Wildman–Crippen MR) is 146 cm³/mol. The smallest absolute Gasteiger partial charge is 0.317 e. The number of nitrogens with one attached hydrogen (secondary N) is 2. The van der Waals surface area contributed by atoms with Crippen molar-refractivity contribution < 1.29 is 34.2 Å². The van der Waals surface area contributed by atoms with E-state index in [9.17, 15) is 34.2 Å². The Kier molecular flexibility index (Phi) is 17.9. The molecule has 0 aliphatic carbocycles. The van der Waals surface area contributed by atoms with E-state index in [-0.39, 0.29) is 51.0 Å². The Labute approximate surface area is 231 Å². The highest BCUT2D eigenvalue weighted by molar-refractivity contribution is 5.80. The van der Waals surface area contributed by atoms with Gasteiger partial charge < -0.3 is 25.6 Å². The van der Waals surface area contributed by atoms with Gasteiger partial charge in [0.1, 0.15) is 6.29 Å². The number of carbonyl (C=O) groups excluding carboxylic acids is 3. The van der Waals surface area contributed by atoms with E-state index in [1.54, 1.807) is 9.80 Å². The van der Waals surface area contributed by atoms with Crippen LogP contribution in [0.4, 0.5) is 0 Å². The number of amides is 2. The Bertz CT molecular complexity index is 735. The molecular formula is C26H48N6O7. The van der Waals surface area contributed by atoms with Crippen molar-refractivity contribution in [2.45, 2.75) is 39.5 Å². The van der Waals surface area contributed by atoms with Crippen molar-refractivity contribution in [3.05, 3.63) is 0 Å². The number of hydrogen-bond acceptors (Lipinski definition) is 9. The van der Waals surface area contributed by atoms with E-state index in [4.69, 9.17) is 0 Å². The molecule has 4 N–H and O–H groups in total. The Morgan fingerprint density at radius 1 is 0.692 bits per heavy atom. The maximum Gasteiger partial charge on any atom is 0.317 e. The molecule has 39 heavy (non-hydrogen) atoms. The van der Waals surface area contributed by atoms with E-state index in [2.05, 4.69) is 24.5 Å². The zero-order valence-corrected chi connectivity index (χ0v) is 23.6. The molecule has 0 aromatic heterocycles. The monoisotopic (exact) mass is 556 g/mol. The van der Waals surface area contributed by atoms with Crippen molar-refractivity contribution in [1.82, 2.24) is 30.2 Å². The lowest BCUT2D eigenvalue weighted by atomic mass is 10.1. The first-order valence-corrected chi connectivity index (χ1v) is 13.9. The Morgan fingerprint density at radius 2 is 1.15 bits per heavy atom. The van der Waals surface area contributed by atoms with E-state index < -0.39 is 11.9 Å². The van der Waals surface area contributed by atoms with E-state index in [1.165, 1.54) is 0 Å². The van der Waals surface area contributed by atoms with Gasteiger partial charge in [0, 0.05) is 71.9 Å². The summed E-state index contributed by atoms with van der Waals surface area (Å²) in [6, 6.07) is 0. The zero-order chi connectivity index (χ0) is 29.0. The predicted octanol–water partition coefficient (Wildman–Crippen LogP) is -0.975. The molecule has 224 valence electrons. The van der Waals surface area contributed by atoms with Crippen LogP contribution in [0.3, 0.4) is 0 Å². The maximum absolute atomic E-state index is 12.6. The number of carboxylic acid groups (broad SMARTS) is 2. The molecular weight excluding hydrogens is 508 g/mol. The summed E-state index contributed by atoms with van der Waals surface area (Å²) >= 11 is 0. The summed E-state index contributed by atoms with van der Waals surface area (Å²) in [4.78, 5) is 65.8. The number of carbonyl (C=O) groups is 5. The molecule has 0 spiro atoms. The number of aldehydes is 1. The Hall–Kier alpha value is -2.61. The lowest BCUT2D eigenvalue weighted by Gasteiger charge is -2.32. The molecule has 0 aromatic carbocycles. The average molecular weight is 557 g/mol. The second kappa shape index (κ2) is 20.3. The zero-order valence-electron chi connectivity index (χ0n) is 23.6. The van der Waals surface area contributed by atoms with E-state index >= 15 is 0 Å². The van der Waals surface area contributed by atoms with E-state index in [0.717, 1.165) is 25.5 Å². The van der Waals surface area contributed by atoms with Crippen LogP contribution in [0, 0.1) is 5.92 Å². The van der Waals surface area contributed by atoms with Gasteiger partial charge in [-0.1, -0.05) is 26.7 Å². The minimum Gasteiger partial charge on any atom is -0.480 e. The van der Waals surface area contributed by atoms with Gasteiger partial charge in [-0.05, 0) is 12.3 Å². The highest BCUT2D eigenvalue weighted by Gasteiger charge is 2.20. The van der Waals surface area contributed by atoms with E-state index in [1.807, 2.05) is 9.80 Å². The van der Waals surface area contributed by atoms with Gasteiger partial charge in [-0.2, -0.15) is 0 Å². The molecule has 0 unspecified atom stereocenters. The van der Waals surface area contributed by atoms with Crippen LogP contribution < -0.4 is 10.6 Å². The molecule has 1 rings (SSSR count). The van der Waals surface area contributed by atoms with E-state index in [0.29, 0.717) is 64.8 Å². The lowest BCUT2D eigenvalue weighted by molar-refractivity contribution is -0.139. The van der Waals surface area contributed by atoms with Gasteiger partial charge in [0.15, 0.2) is 0 Å².